The van der Waals surface area contributed by atoms with Gasteiger partial charge in [0.15, 0.2) is 11.7 Å². The third-order valence-corrected chi connectivity index (χ3v) is 3.32. The summed E-state index contributed by atoms with van der Waals surface area (Å²) in [5.41, 5.74) is 6.65. The van der Waals surface area contributed by atoms with Crippen LogP contribution in [0, 0.1) is 0 Å². The van der Waals surface area contributed by atoms with E-state index in [0.29, 0.717) is 11.4 Å². The van der Waals surface area contributed by atoms with Gasteiger partial charge in [-0.2, -0.15) is 0 Å². The first-order chi connectivity index (χ1) is 11.2. The van der Waals surface area contributed by atoms with Crippen LogP contribution in [-0.2, 0) is 0 Å². The standard InChI is InChI=1S/C17H16N4O2/c1-19-17(18)21-16(22)13-10-11-6-5-9-14(15(11)20-13)23-12-7-3-2-4-8-12/h2-10,20H,1H3,(H3,18,19,21,22). The second-order valence-electron chi connectivity index (χ2n) is 4.88. The molecule has 1 aromatic heterocycles. The maximum absolute atomic E-state index is 12.1. The summed E-state index contributed by atoms with van der Waals surface area (Å²) in [5, 5.41) is 3.36. The number of fused-ring (bicyclic) bond motifs is 1. The number of H-pyrrole nitrogens is 1. The predicted octanol–water partition coefficient (Wildman–Crippen LogP) is 2.63. The van der Waals surface area contributed by atoms with Crippen LogP contribution in [-0.4, -0.2) is 23.9 Å². The largest absolute Gasteiger partial charge is 0.455 e. The van der Waals surface area contributed by atoms with Crippen LogP contribution in [0.25, 0.3) is 10.9 Å². The third kappa shape index (κ3) is 3.16. The van der Waals surface area contributed by atoms with Gasteiger partial charge < -0.3 is 15.5 Å². The first-order valence-corrected chi connectivity index (χ1v) is 7.05. The van der Waals surface area contributed by atoms with Gasteiger partial charge in [0.2, 0.25) is 0 Å². The van der Waals surface area contributed by atoms with Crippen molar-refractivity contribution in [1.29, 1.82) is 0 Å². The highest BCUT2D eigenvalue weighted by Crippen LogP contribution is 2.29. The van der Waals surface area contributed by atoms with Crippen molar-refractivity contribution >= 4 is 22.8 Å². The molecule has 0 radical (unpaired) electrons. The van der Waals surface area contributed by atoms with Crippen LogP contribution in [0.2, 0.25) is 0 Å². The minimum Gasteiger partial charge on any atom is -0.455 e. The van der Waals surface area contributed by atoms with Gasteiger partial charge in [0.25, 0.3) is 5.91 Å². The number of carbonyl (C=O) groups is 1. The maximum Gasteiger partial charge on any atom is 0.274 e. The number of guanidine groups is 1. The molecule has 0 unspecified atom stereocenters. The molecule has 6 heteroatoms. The Morgan fingerprint density at radius 2 is 1.96 bits per heavy atom. The maximum atomic E-state index is 12.1. The van der Waals surface area contributed by atoms with E-state index in [2.05, 4.69) is 15.3 Å². The van der Waals surface area contributed by atoms with Crippen LogP contribution in [0.3, 0.4) is 0 Å². The summed E-state index contributed by atoms with van der Waals surface area (Å²) >= 11 is 0. The van der Waals surface area contributed by atoms with E-state index in [-0.39, 0.29) is 11.9 Å². The minimum absolute atomic E-state index is 0.0643. The Bertz CT molecular complexity index is 869. The molecule has 0 bridgehead atoms. The monoisotopic (exact) mass is 308 g/mol. The number of aromatic amines is 1. The molecule has 6 nitrogen and oxygen atoms in total. The smallest absolute Gasteiger partial charge is 0.274 e. The summed E-state index contributed by atoms with van der Waals surface area (Å²) in [7, 11) is 1.51. The highest BCUT2D eigenvalue weighted by molar-refractivity contribution is 6.07. The van der Waals surface area contributed by atoms with E-state index in [1.807, 2.05) is 48.5 Å². The number of carbonyl (C=O) groups excluding carboxylic acids is 1. The zero-order valence-electron chi connectivity index (χ0n) is 12.5. The van der Waals surface area contributed by atoms with Gasteiger partial charge >= 0.3 is 0 Å². The molecular formula is C17H16N4O2. The van der Waals surface area contributed by atoms with Crippen molar-refractivity contribution in [3.63, 3.8) is 0 Å². The number of nitrogens with two attached hydrogens (primary N) is 1. The van der Waals surface area contributed by atoms with Gasteiger partial charge in [-0.15, -0.1) is 0 Å². The Hall–Kier alpha value is -3.28. The molecule has 0 atom stereocenters. The summed E-state index contributed by atoms with van der Waals surface area (Å²) < 4.78 is 5.88. The van der Waals surface area contributed by atoms with E-state index in [1.54, 1.807) is 6.07 Å². The minimum atomic E-state index is -0.352. The summed E-state index contributed by atoms with van der Waals surface area (Å²) in [6.45, 7) is 0. The number of aliphatic imine (C=N–C) groups is 1. The molecule has 0 saturated heterocycles. The molecule has 1 amide bonds. The Kier molecular flexibility index (Phi) is 3.97. The van der Waals surface area contributed by atoms with E-state index in [9.17, 15) is 4.79 Å². The number of nitrogens with one attached hydrogen (secondary N) is 2. The molecule has 1 heterocycles. The van der Waals surface area contributed by atoms with Crippen molar-refractivity contribution in [2.24, 2.45) is 10.7 Å². The molecule has 116 valence electrons. The molecule has 23 heavy (non-hydrogen) atoms. The molecule has 3 aromatic rings. The normalized spacial score (nSPS) is 11.4. The molecule has 0 aliphatic rings. The van der Waals surface area contributed by atoms with Crippen LogP contribution in [0.4, 0.5) is 0 Å². The summed E-state index contributed by atoms with van der Waals surface area (Å²) in [6, 6.07) is 16.8. The molecular weight excluding hydrogens is 292 g/mol. The van der Waals surface area contributed by atoms with Gasteiger partial charge in [-0.05, 0) is 24.3 Å². The average Bonchev–Trinajstić information content (AvgIpc) is 3.01. The van der Waals surface area contributed by atoms with Crippen LogP contribution in [0.15, 0.2) is 59.6 Å². The summed E-state index contributed by atoms with van der Waals surface area (Å²) in [4.78, 5) is 18.9. The fourth-order valence-corrected chi connectivity index (χ4v) is 2.19. The van der Waals surface area contributed by atoms with Crippen LogP contribution in [0.1, 0.15) is 10.5 Å². The zero-order valence-corrected chi connectivity index (χ0v) is 12.5. The third-order valence-electron chi connectivity index (χ3n) is 3.32. The molecule has 0 aliphatic carbocycles. The number of aromatic nitrogens is 1. The van der Waals surface area contributed by atoms with E-state index < -0.39 is 0 Å². The van der Waals surface area contributed by atoms with E-state index in [4.69, 9.17) is 10.5 Å². The van der Waals surface area contributed by atoms with Crippen molar-refractivity contribution in [1.82, 2.24) is 10.3 Å². The summed E-state index contributed by atoms with van der Waals surface area (Å²) in [6.07, 6.45) is 0. The average molecular weight is 308 g/mol. The molecule has 0 aliphatic heterocycles. The number of hydrogen-bond donors (Lipinski definition) is 3. The van der Waals surface area contributed by atoms with Gasteiger partial charge in [0.05, 0.1) is 5.52 Å². The molecule has 4 N–H and O–H groups in total. The number of hydrogen-bond acceptors (Lipinski definition) is 3. The topological polar surface area (TPSA) is 92.5 Å². The lowest BCUT2D eigenvalue weighted by molar-refractivity contribution is 0.0972. The Labute approximate surface area is 133 Å². The molecule has 0 saturated carbocycles. The van der Waals surface area contributed by atoms with Gasteiger partial charge in [0, 0.05) is 12.4 Å². The molecule has 0 spiro atoms. The highest BCUT2D eigenvalue weighted by Gasteiger charge is 2.13. The number of rotatable bonds is 3. The van der Waals surface area contributed by atoms with Crippen molar-refractivity contribution in [2.45, 2.75) is 0 Å². The fourth-order valence-electron chi connectivity index (χ4n) is 2.19. The van der Waals surface area contributed by atoms with E-state index >= 15 is 0 Å². The van der Waals surface area contributed by atoms with E-state index in [1.165, 1.54) is 7.05 Å². The first-order valence-electron chi connectivity index (χ1n) is 7.05. The van der Waals surface area contributed by atoms with Crippen molar-refractivity contribution in [3.05, 3.63) is 60.3 Å². The van der Waals surface area contributed by atoms with Gasteiger partial charge in [0.1, 0.15) is 11.4 Å². The second kappa shape index (κ2) is 6.23. The van der Waals surface area contributed by atoms with Crippen molar-refractivity contribution < 1.29 is 9.53 Å². The lowest BCUT2D eigenvalue weighted by atomic mass is 10.2. The van der Waals surface area contributed by atoms with Crippen molar-refractivity contribution in [2.75, 3.05) is 7.05 Å². The van der Waals surface area contributed by atoms with Crippen LogP contribution >= 0.6 is 0 Å². The van der Waals surface area contributed by atoms with E-state index in [0.717, 1.165) is 16.7 Å². The molecule has 3 rings (SSSR count). The Morgan fingerprint density at radius 1 is 1.17 bits per heavy atom. The number of benzene rings is 2. The lowest BCUT2D eigenvalue weighted by Crippen LogP contribution is -2.36. The number of nitrogens with zero attached hydrogens (tertiary/aromatic N) is 1. The fraction of sp³-hybridized carbons (Fsp3) is 0.0588. The highest BCUT2D eigenvalue weighted by atomic mass is 16.5. The number of ether oxygens (including phenoxy) is 1. The molecule has 2 aromatic carbocycles. The second-order valence-corrected chi connectivity index (χ2v) is 4.88. The Balaban J connectivity index is 1.94. The summed E-state index contributed by atoms with van der Waals surface area (Å²) in [5.74, 6) is 1.08. The lowest BCUT2D eigenvalue weighted by Gasteiger charge is -2.06. The first kappa shape index (κ1) is 14.6. The van der Waals surface area contributed by atoms with Gasteiger partial charge in [-0.1, -0.05) is 30.3 Å². The van der Waals surface area contributed by atoms with Crippen molar-refractivity contribution in [3.8, 4) is 11.5 Å². The number of amides is 1. The van der Waals surface area contributed by atoms with Crippen LogP contribution < -0.4 is 15.8 Å². The SMILES string of the molecule is CN=C(N)NC(=O)c1cc2cccc(Oc3ccccc3)c2[nH]1. The Morgan fingerprint density at radius 3 is 2.70 bits per heavy atom. The quantitative estimate of drug-likeness (QED) is 0.513. The van der Waals surface area contributed by atoms with Gasteiger partial charge in [-0.25, -0.2) is 0 Å². The molecule has 0 fully saturated rings. The zero-order chi connectivity index (χ0) is 16.2. The van der Waals surface area contributed by atoms with Gasteiger partial charge in [-0.3, -0.25) is 15.1 Å². The number of para-hydroxylation sites is 2. The predicted molar refractivity (Wildman–Crippen MR) is 89.8 cm³/mol. The van der Waals surface area contributed by atoms with Crippen LogP contribution in [0.5, 0.6) is 11.5 Å².